The van der Waals surface area contributed by atoms with Gasteiger partial charge in [0.2, 0.25) is 0 Å². The zero-order valence-electron chi connectivity index (χ0n) is 11.7. The number of hydrogen-bond acceptors (Lipinski definition) is 3. The molecule has 104 valence electrons. The Labute approximate surface area is 121 Å². The lowest BCUT2D eigenvalue weighted by Gasteiger charge is -2.35. The molecule has 1 fully saturated rings. The van der Waals surface area contributed by atoms with Crippen molar-refractivity contribution in [2.45, 2.75) is 18.7 Å². The van der Waals surface area contributed by atoms with E-state index >= 15 is 0 Å². The number of hydrogen-bond donors (Lipinski definition) is 1. The summed E-state index contributed by atoms with van der Waals surface area (Å²) in [6, 6.07) is 7.44. The minimum absolute atomic E-state index is 0.137. The van der Waals surface area contributed by atoms with Crippen molar-refractivity contribution in [1.29, 1.82) is 0 Å². The van der Waals surface area contributed by atoms with Crippen LogP contribution in [0.1, 0.15) is 24.2 Å². The van der Waals surface area contributed by atoms with E-state index in [1.165, 1.54) is 0 Å². The zero-order chi connectivity index (χ0) is 13.8. The molecule has 1 aliphatic heterocycles. The van der Waals surface area contributed by atoms with Crippen LogP contribution >= 0.6 is 12.6 Å². The highest BCUT2D eigenvalue weighted by Gasteiger charge is 2.22. The average Bonchev–Trinajstić information content (AvgIpc) is 2.39. The maximum absolute atomic E-state index is 12.3. The third-order valence-electron chi connectivity index (χ3n) is 3.40. The Morgan fingerprint density at radius 3 is 2.26 bits per heavy atom. The van der Waals surface area contributed by atoms with Crippen molar-refractivity contribution >= 4 is 18.5 Å². The first-order valence-electron chi connectivity index (χ1n) is 6.87. The largest absolute Gasteiger partial charge is 0.336 e. The van der Waals surface area contributed by atoms with E-state index in [9.17, 15) is 4.79 Å². The standard InChI is InChI=1S/C15H22N2OS/c1-12(2)11-16-7-9-17(10-8-16)15(18)13-3-5-14(19)6-4-13/h3-6,12,19H,7-11H2,1-2H3. The van der Waals surface area contributed by atoms with Gasteiger partial charge in [-0.1, -0.05) is 13.8 Å². The van der Waals surface area contributed by atoms with Gasteiger partial charge in [-0.25, -0.2) is 0 Å². The monoisotopic (exact) mass is 278 g/mol. The zero-order valence-corrected chi connectivity index (χ0v) is 12.6. The summed E-state index contributed by atoms with van der Waals surface area (Å²) in [4.78, 5) is 17.6. The molecule has 0 saturated carbocycles. The van der Waals surface area contributed by atoms with E-state index in [0.29, 0.717) is 5.92 Å². The molecule has 1 aromatic carbocycles. The van der Waals surface area contributed by atoms with Crippen molar-refractivity contribution in [1.82, 2.24) is 9.80 Å². The number of carbonyl (C=O) groups is 1. The van der Waals surface area contributed by atoms with Crippen LogP contribution in [0.2, 0.25) is 0 Å². The van der Waals surface area contributed by atoms with E-state index in [1.54, 1.807) is 0 Å². The summed E-state index contributed by atoms with van der Waals surface area (Å²) in [5, 5.41) is 0. The van der Waals surface area contributed by atoms with Crippen molar-refractivity contribution in [3.05, 3.63) is 29.8 Å². The van der Waals surface area contributed by atoms with E-state index in [0.717, 1.165) is 43.2 Å². The molecule has 1 aromatic rings. The molecule has 1 saturated heterocycles. The second-order valence-electron chi connectivity index (χ2n) is 5.53. The van der Waals surface area contributed by atoms with Gasteiger partial charge in [0.15, 0.2) is 0 Å². The van der Waals surface area contributed by atoms with Gasteiger partial charge in [0.1, 0.15) is 0 Å². The van der Waals surface area contributed by atoms with E-state index in [-0.39, 0.29) is 5.91 Å². The summed E-state index contributed by atoms with van der Waals surface area (Å²) in [5.41, 5.74) is 0.759. The molecule has 2 rings (SSSR count). The number of piperazine rings is 1. The first-order chi connectivity index (χ1) is 9.06. The topological polar surface area (TPSA) is 23.6 Å². The predicted molar refractivity (Wildman–Crippen MR) is 80.9 cm³/mol. The van der Waals surface area contributed by atoms with Gasteiger partial charge in [0.25, 0.3) is 5.91 Å². The molecule has 3 nitrogen and oxygen atoms in total. The SMILES string of the molecule is CC(C)CN1CCN(C(=O)c2ccc(S)cc2)CC1. The molecule has 4 heteroatoms. The molecule has 0 spiro atoms. The number of amides is 1. The lowest BCUT2D eigenvalue weighted by Crippen LogP contribution is -2.49. The summed E-state index contributed by atoms with van der Waals surface area (Å²) in [5.74, 6) is 0.822. The first-order valence-corrected chi connectivity index (χ1v) is 7.31. The quantitative estimate of drug-likeness (QED) is 0.858. The van der Waals surface area contributed by atoms with Crippen LogP contribution in [0.25, 0.3) is 0 Å². The molecule has 0 aliphatic carbocycles. The lowest BCUT2D eigenvalue weighted by atomic mass is 10.1. The minimum atomic E-state index is 0.137. The highest BCUT2D eigenvalue weighted by molar-refractivity contribution is 7.80. The average molecular weight is 278 g/mol. The molecule has 19 heavy (non-hydrogen) atoms. The van der Waals surface area contributed by atoms with Gasteiger partial charge in [0, 0.05) is 43.2 Å². The molecule has 0 atom stereocenters. The summed E-state index contributed by atoms with van der Waals surface area (Å²) in [6.07, 6.45) is 0. The van der Waals surface area contributed by atoms with Crippen molar-refractivity contribution < 1.29 is 4.79 Å². The van der Waals surface area contributed by atoms with Crippen molar-refractivity contribution in [3.63, 3.8) is 0 Å². The number of carbonyl (C=O) groups excluding carboxylic acids is 1. The van der Waals surface area contributed by atoms with Gasteiger partial charge in [-0.2, -0.15) is 0 Å². The second kappa shape index (κ2) is 6.44. The van der Waals surface area contributed by atoms with Gasteiger partial charge in [-0.05, 0) is 30.2 Å². The summed E-state index contributed by atoms with van der Waals surface area (Å²) >= 11 is 4.24. The maximum Gasteiger partial charge on any atom is 0.253 e. The van der Waals surface area contributed by atoms with Crippen LogP contribution in [-0.4, -0.2) is 48.4 Å². The van der Waals surface area contributed by atoms with E-state index in [1.807, 2.05) is 29.2 Å². The lowest BCUT2D eigenvalue weighted by molar-refractivity contribution is 0.0624. The van der Waals surface area contributed by atoms with Gasteiger partial charge in [0.05, 0.1) is 0 Å². The molecule has 0 radical (unpaired) electrons. The number of rotatable bonds is 3. The summed E-state index contributed by atoms with van der Waals surface area (Å²) < 4.78 is 0. The molecular formula is C15H22N2OS. The van der Waals surface area contributed by atoms with Crippen LogP contribution < -0.4 is 0 Å². The summed E-state index contributed by atoms with van der Waals surface area (Å²) in [6.45, 7) is 9.20. The van der Waals surface area contributed by atoms with Crippen LogP contribution in [0.4, 0.5) is 0 Å². The molecule has 0 unspecified atom stereocenters. The fraction of sp³-hybridized carbons (Fsp3) is 0.533. The number of nitrogens with zero attached hydrogens (tertiary/aromatic N) is 2. The maximum atomic E-state index is 12.3. The Balaban J connectivity index is 1.90. The molecular weight excluding hydrogens is 256 g/mol. The van der Waals surface area contributed by atoms with E-state index in [4.69, 9.17) is 0 Å². The number of thiol groups is 1. The van der Waals surface area contributed by atoms with Gasteiger partial charge in [-0.15, -0.1) is 12.6 Å². The first kappa shape index (κ1) is 14.4. The third-order valence-corrected chi connectivity index (χ3v) is 3.70. The Kier molecular flexibility index (Phi) is 4.88. The van der Waals surface area contributed by atoms with E-state index in [2.05, 4.69) is 31.4 Å². The van der Waals surface area contributed by atoms with E-state index < -0.39 is 0 Å². The minimum Gasteiger partial charge on any atom is -0.336 e. The Hall–Kier alpha value is -1.00. The highest BCUT2D eigenvalue weighted by atomic mass is 32.1. The van der Waals surface area contributed by atoms with Crippen molar-refractivity contribution in [2.24, 2.45) is 5.92 Å². The highest BCUT2D eigenvalue weighted by Crippen LogP contribution is 2.12. The molecule has 1 heterocycles. The fourth-order valence-electron chi connectivity index (χ4n) is 2.44. The molecule has 1 amide bonds. The van der Waals surface area contributed by atoms with Gasteiger partial charge >= 0.3 is 0 Å². The third kappa shape index (κ3) is 3.98. The van der Waals surface area contributed by atoms with Crippen LogP contribution in [-0.2, 0) is 0 Å². The Morgan fingerprint density at radius 2 is 1.74 bits per heavy atom. The number of benzene rings is 1. The van der Waals surface area contributed by atoms with Gasteiger partial charge in [-0.3, -0.25) is 9.69 Å². The normalized spacial score (nSPS) is 16.9. The molecule has 1 aliphatic rings. The predicted octanol–water partition coefficient (Wildman–Crippen LogP) is 2.39. The van der Waals surface area contributed by atoms with Crippen LogP contribution in [0, 0.1) is 5.92 Å². The van der Waals surface area contributed by atoms with Crippen molar-refractivity contribution in [2.75, 3.05) is 32.7 Å². The van der Waals surface area contributed by atoms with Gasteiger partial charge < -0.3 is 4.90 Å². The van der Waals surface area contributed by atoms with Crippen LogP contribution in [0.3, 0.4) is 0 Å². The van der Waals surface area contributed by atoms with Crippen molar-refractivity contribution in [3.8, 4) is 0 Å². The molecule has 0 N–H and O–H groups in total. The summed E-state index contributed by atoms with van der Waals surface area (Å²) in [7, 11) is 0. The Bertz CT molecular complexity index is 422. The Morgan fingerprint density at radius 1 is 1.16 bits per heavy atom. The van der Waals surface area contributed by atoms with Crippen LogP contribution in [0.15, 0.2) is 29.2 Å². The molecule has 0 aromatic heterocycles. The fourth-order valence-corrected chi connectivity index (χ4v) is 2.59. The van der Waals surface area contributed by atoms with Crippen LogP contribution in [0.5, 0.6) is 0 Å². The molecule has 0 bridgehead atoms. The second-order valence-corrected chi connectivity index (χ2v) is 6.05. The smallest absolute Gasteiger partial charge is 0.253 e.